The Hall–Kier alpha value is -3.39. The standard InChI is InChI=1S/C40H47NO/c1-23-15-26(4)35-29-14-12-13-28(36(29)42-34(35)16-23)33-19-31(27(5)20-41-33)30-17-25(3)32(18-24(30)2)37-39(8,9)21-38(6,7)22-40(37,10)11/h12-20,37H,21-22H2,1-11H3/i1D3,5D3,37D. The molecule has 0 N–H and O–H groups in total. The highest BCUT2D eigenvalue weighted by atomic mass is 16.3. The fourth-order valence-corrected chi connectivity index (χ4v) is 8.81. The van der Waals surface area contributed by atoms with Gasteiger partial charge in [-0.25, -0.2) is 0 Å². The fraction of sp³-hybridized carbons (Fsp3) is 0.425. The van der Waals surface area contributed by atoms with E-state index in [-0.39, 0.29) is 27.4 Å². The molecule has 2 nitrogen and oxygen atoms in total. The number of aromatic nitrogens is 1. The van der Waals surface area contributed by atoms with Gasteiger partial charge in [0.05, 0.1) is 5.69 Å². The Labute approximate surface area is 262 Å². The van der Waals surface area contributed by atoms with Crippen LogP contribution in [-0.2, 0) is 0 Å². The number of para-hydroxylation sites is 1. The number of furan rings is 1. The number of aryl methyl sites for hydroxylation is 5. The number of benzene rings is 3. The molecular formula is C40H47NO. The summed E-state index contributed by atoms with van der Waals surface area (Å²) in [5, 5.41) is 1.68. The van der Waals surface area contributed by atoms with Crippen molar-refractivity contribution in [2.75, 3.05) is 0 Å². The molecule has 0 spiro atoms. The third kappa shape index (κ3) is 4.68. The Morgan fingerprint density at radius 2 is 1.50 bits per heavy atom. The summed E-state index contributed by atoms with van der Waals surface area (Å²) >= 11 is 0. The molecule has 0 atom stereocenters. The van der Waals surface area contributed by atoms with Crippen LogP contribution in [0, 0.1) is 50.7 Å². The summed E-state index contributed by atoms with van der Waals surface area (Å²) in [6.45, 7) is 14.7. The van der Waals surface area contributed by atoms with E-state index in [2.05, 4.69) is 58.7 Å². The molecule has 2 heterocycles. The van der Waals surface area contributed by atoms with Gasteiger partial charge in [-0.3, -0.25) is 4.98 Å². The molecule has 0 saturated heterocycles. The molecule has 2 aromatic heterocycles. The second-order valence-corrected chi connectivity index (χ2v) is 14.7. The quantitative estimate of drug-likeness (QED) is 0.218. The highest BCUT2D eigenvalue weighted by molar-refractivity contribution is 6.11. The molecular weight excluding hydrogens is 510 g/mol. The highest BCUT2D eigenvalue weighted by Gasteiger charge is 2.51. The molecule has 0 bridgehead atoms. The lowest BCUT2D eigenvalue weighted by Crippen LogP contribution is -2.45. The van der Waals surface area contributed by atoms with Crippen LogP contribution in [0.3, 0.4) is 0 Å². The lowest BCUT2D eigenvalue weighted by atomic mass is 9.49. The number of hydrogen-bond acceptors (Lipinski definition) is 2. The summed E-state index contributed by atoms with van der Waals surface area (Å²) < 4.78 is 65.6. The largest absolute Gasteiger partial charge is 0.455 e. The van der Waals surface area contributed by atoms with Crippen LogP contribution in [0.4, 0.5) is 0 Å². The maximum absolute atomic E-state index is 10.2. The van der Waals surface area contributed by atoms with Crippen LogP contribution in [0.5, 0.6) is 0 Å². The van der Waals surface area contributed by atoms with Gasteiger partial charge in [0.15, 0.2) is 0 Å². The van der Waals surface area contributed by atoms with Gasteiger partial charge < -0.3 is 4.42 Å². The topological polar surface area (TPSA) is 26.0 Å². The minimum Gasteiger partial charge on any atom is -0.455 e. The number of fused-ring (bicyclic) bond motifs is 3. The third-order valence-corrected chi connectivity index (χ3v) is 9.30. The van der Waals surface area contributed by atoms with Crippen molar-refractivity contribution in [3.05, 3.63) is 88.1 Å². The van der Waals surface area contributed by atoms with E-state index in [1.807, 2.05) is 45.0 Å². The van der Waals surface area contributed by atoms with Crippen molar-refractivity contribution >= 4 is 21.9 Å². The van der Waals surface area contributed by atoms with Gasteiger partial charge in [-0.1, -0.05) is 71.9 Å². The van der Waals surface area contributed by atoms with Gasteiger partial charge in [-0.05, 0) is 132 Å². The van der Waals surface area contributed by atoms with Crippen LogP contribution >= 0.6 is 0 Å². The van der Waals surface area contributed by atoms with Crippen molar-refractivity contribution in [1.29, 1.82) is 0 Å². The molecule has 0 radical (unpaired) electrons. The van der Waals surface area contributed by atoms with Crippen LogP contribution in [0.15, 0.2) is 59.1 Å². The zero-order valence-electron chi connectivity index (χ0n) is 33.5. The van der Waals surface area contributed by atoms with Gasteiger partial charge in [-0.2, -0.15) is 0 Å². The molecule has 218 valence electrons. The summed E-state index contributed by atoms with van der Waals surface area (Å²) in [7, 11) is 0. The van der Waals surface area contributed by atoms with Crippen LogP contribution in [0.25, 0.3) is 44.3 Å². The summed E-state index contributed by atoms with van der Waals surface area (Å²) in [4.78, 5) is 4.67. The molecule has 1 aliphatic rings. The second-order valence-electron chi connectivity index (χ2n) is 14.7. The highest BCUT2D eigenvalue weighted by Crippen LogP contribution is 2.62. The minimum absolute atomic E-state index is 0.113. The SMILES string of the molecule is [2H]C([2H])([2H])c1cc(C)c2c(c1)oc1c(-c3cc(-c4cc(C)c(C5([2H])C(C)(C)CC(C)(C)CC5(C)C)cc4C)c(C([2H])([2H])[2H])cn3)cccc12. The van der Waals surface area contributed by atoms with Crippen LogP contribution in [-0.4, -0.2) is 4.98 Å². The Bertz CT molecular complexity index is 2110. The zero-order valence-corrected chi connectivity index (χ0v) is 26.5. The van der Waals surface area contributed by atoms with E-state index in [0.717, 1.165) is 51.4 Å². The summed E-state index contributed by atoms with van der Waals surface area (Å²) in [5.41, 5.74) is 7.17. The van der Waals surface area contributed by atoms with Crippen LogP contribution in [0.1, 0.15) is 103 Å². The second kappa shape index (κ2) is 9.56. The van der Waals surface area contributed by atoms with E-state index in [9.17, 15) is 1.37 Å². The van der Waals surface area contributed by atoms with Gasteiger partial charge in [-0.15, -0.1) is 0 Å². The van der Waals surface area contributed by atoms with Gasteiger partial charge in [0.2, 0.25) is 0 Å². The maximum Gasteiger partial charge on any atom is 0.144 e. The molecule has 2 heteroatoms. The van der Waals surface area contributed by atoms with Crippen molar-refractivity contribution < 1.29 is 14.0 Å². The Morgan fingerprint density at radius 1 is 0.786 bits per heavy atom. The van der Waals surface area contributed by atoms with Crippen molar-refractivity contribution in [3.63, 3.8) is 0 Å². The van der Waals surface area contributed by atoms with E-state index in [4.69, 9.17) is 12.6 Å². The number of pyridine rings is 1. The molecule has 3 aromatic carbocycles. The first kappa shape index (κ1) is 21.3. The van der Waals surface area contributed by atoms with Crippen LogP contribution < -0.4 is 0 Å². The van der Waals surface area contributed by atoms with E-state index < -0.39 is 19.6 Å². The molecule has 0 amide bonds. The van der Waals surface area contributed by atoms with Gasteiger partial charge >= 0.3 is 0 Å². The smallest absolute Gasteiger partial charge is 0.144 e. The predicted molar refractivity (Wildman–Crippen MR) is 179 cm³/mol. The lowest BCUT2D eigenvalue weighted by Gasteiger charge is -2.56. The Balaban J connectivity index is 1.55. The van der Waals surface area contributed by atoms with Crippen molar-refractivity contribution in [2.24, 2.45) is 16.2 Å². The first-order valence-corrected chi connectivity index (χ1v) is 15.0. The molecule has 1 fully saturated rings. The summed E-state index contributed by atoms with van der Waals surface area (Å²) in [5.74, 6) is -0.867. The Kier molecular flexibility index (Phi) is 4.85. The monoisotopic (exact) mass is 564 g/mol. The van der Waals surface area contributed by atoms with Gasteiger partial charge in [0, 0.05) is 32.1 Å². The minimum atomic E-state index is -2.41. The summed E-state index contributed by atoms with van der Waals surface area (Å²) in [6.07, 6.45) is 3.30. The average molecular weight is 565 g/mol. The van der Waals surface area contributed by atoms with E-state index in [0.29, 0.717) is 28.0 Å². The van der Waals surface area contributed by atoms with E-state index in [1.54, 1.807) is 12.1 Å². The molecule has 6 rings (SSSR count). The van der Waals surface area contributed by atoms with Crippen molar-refractivity contribution in [2.45, 2.75) is 94.8 Å². The molecule has 1 aliphatic carbocycles. The first-order valence-electron chi connectivity index (χ1n) is 18.5. The number of rotatable bonds is 3. The van der Waals surface area contributed by atoms with Crippen LogP contribution in [0.2, 0.25) is 0 Å². The van der Waals surface area contributed by atoms with E-state index >= 15 is 0 Å². The lowest BCUT2D eigenvalue weighted by molar-refractivity contribution is -0.00980. The molecule has 0 unspecified atom stereocenters. The summed E-state index contributed by atoms with van der Waals surface area (Å²) in [6, 6.07) is 15.0. The Morgan fingerprint density at radius 3 is 2.19 bits per heavy atom. The van der Waals surface area contributed by atoms with Gasteiger partial charge in [0.25, 0.3) is 0 Å². The third-order valence-electron chi connectivity index (χ3n) is 9.30. The van der Waals surface area contributed by atoms with Crippen molar-refractivity contribution in [3.8, 4) is 22.4 Å². The van der Waals surface area contributed by atoms with E-state index in [1.165, 1.54) is 6.20 Å². The molecule has 0 aliphatic heterocycles. The predicted octanol–water partition coefficient (Wildman–Crippen LogP) is 11.8. The molecule has 42 heavy (non-hydrogen) atoms. The molecule has 5 aromatic rings. The fourth-order valence-electron chi connectivity index (χ4n) is 8.81. The first-order chi connectivity index (χ1) is 22.4. The zero-order chi connectivity index (χ0) is 36.3. The van der Waals surface area contributed by atoms with Gasteiger partial charge in [0.1, 0.15) is 11.2 Å². The number of hydrogen-bond donors (Lipinski definition) is 0. The molecule has 1 saturated carbocycles. The number of nitrogens with zero attached hydrogens (tertiary/aromatic N) is 1. The average Bonchev–Trinajstić information content (AvgIpc) is 3.34. The van der Waals surface area contributed by atoms with Crippen molar-refractivity contribution in [1.82, 2.24) is 4.98 Å². The normalized spacial score (nSPS) is 22.0. The maximum atomic E-state index is 10.2.